The molecule has 5 nitrogen and oxygen atoms in total. The number of halogens is 1. The molecular formula is C23H27ClN4O. The number of piperidine rings is 1. The Labute approximate surface area is 177 Å². The molecule has 29 heavy (non-hydrogen) atoms. The minimum Gasteiger partial charge on any atom is -0.341 e. The van der Waals surface area contributed by atoms with E-state index in [0.717, 1.165) is 81.2 Å². The lowest BCUT2D eigenvalue weighted by molar-refractivity contribution is -0.123. The van der Waals surface area contributed by atoms with Crippen molar-refractivity contribution in [2.75, 3.05) is 29.4 Å². The van der Waals surface area contributed by atoms with E-state index in [1.165, 1.54) is 23.2 Å². The fourth-order valence-corrected chi connectivity index (χ4v) is 5.15. The molecule has 1 amide bonds. The number of benzene rings is 1. The second-order valence-corrected chi connectivity index (χ2v) is 8.91. The van der Waals surface area contributed by atoms with E-state index in [4.69, 9.17) is 16.6 Å². The molecule has 3 heterocycles. The molecule has 2 aliphatic heterocycles. The van der Waals surface area contributed by atoms with Crippen LogP contribution in [0.15, 0.2) is 24.4 Å². The number of rotatable bonds is 2. The topological polar surface area (TPSA) is 49.3 Å². The Morgan fingerprint density at radius 3 is 2.69 bits per heavy atom. The molecule has 0 N–H and O–H groups in total. The van der Waals surface area contributed by atoms with Crippen molar-refractivity contribution in [1.29, 1.82) is 0 Å². The van der Waals surface area contributed by atoms with Crippen molar-refractivity contribution in [1.82, 2.24) is 9.97 Å². The highest BCUT2D eigenvalue weighted by atomic mass is 35.5. The average Bonchev–Trinajstić information content (AvgIpc) is 3.12. The van der Waals surface area contributed by atoms with Crippen LogP contribution in [0.3, 0.4) is 0 Å². The summed E-state index contributed by atoms with van der Waals surface area (Å²) in [5.74, 6) is 1.18. The molecule has 152 valence electrons. The number of fused-ring (bicyclic) bond motifs is 2. The summed E-state index contributed by atoms with van der Waals surface area (Å²) in [7, 11) is 0. The van der Waals surface area contributed by atoms with E-state index < -0.39 is 0 Å². The third-order valence-electron chi connectivity index (χ3n) is 6.60. The van der Waals surface area contributed by atoms with Gasteiger partial charge in [0.15, 0.2) is 0 Å². The number of anilines is 2. The molecule has 0 spiro atoms. The first-order valence-electron chi connectivity index (χ1n) is 10.9. The van der Waals surface area contributed by atoms with E-state index in [0.29, 0.717) is 0 Å². The molecular weight excluding hydrogens is 384 g/mol. The van der Waals surface area contributed by atoms with E-state index in [2.05, 4.69) is 9.88 Å². The Balaban J connectivity index is 1.28. The molecule has 1 aromatic heterocycles. The Kier molecular flexibility index (Phi) is 5.17. The summed E-state index contributed by atoms with van der Waals surface area (Å²) in [6.07, 6.45) is 10.2. The first kappa shape index (κ1) is 18.9. The molecule has 6 heteroatoms. The van der Waals surface area contributed by atoms with Crippen LogP contribution in [-0.4, -0.2) is 35.5 Å². The minimum atomic E-state index is 0.0716. The fourth-order valence-electron chi connectivity index (χ4n) is 4.95. The fraction of sp³-hybridized carbons (Fsp3) is 0.522. The van der Waals surface area contributed by atoms with Crippen LogP contribution >= 0.6 is 11.6 Å². The summed E-state index contributed by atoms with van der Waals surface area (Å²) in [6, 6.07) is 5.95. The standard InChI is InChI=1S/C23H27ClN4O/c24-19-7-8-21-17(14-19)4-1-2-11-28(21)22(29)16-9-12-27(13-10-16)23-25-15-18-5-3-6-20(18)26-23/h7-8,14-16H,1-6,9-13H2. The number of nitrogens with zero attached hydrogens (tertiary/aromatic N) is 4. The maximum atomic E-state index is 13.4. The van der Waals surface area contributed by atoms with Crippen LogP contribution < -0.4 is 9.80 Å². The molecule has 1 saturated heterocycles. The molecule has 1 aliphatic carbocycles. The first-order valence-corrected chi connectivity index (χ1v) is 11.3. The number of hydrogen-bond donors (Lipinski definition) is 0. The first-order chi connectivity index (χ1) is 14.2. The smallest absolute Gasteiger partial charge is 0.230 e. The highest BCUT2D eigenvalue weighted by Crippen LogP contribution is 2.32. The van der Waals surface area contributed by atoms with Crippen LogP contribution in [0.2, 0.25) is 5.02 Å². The summed E-state index contributed by atoms with van der Waals surface area (Å²) in [6.45, 7) is 2.49. The highest BCUT2D eigenvalue weighted by molar-refractivity contribution is 6.30. The van der Waals surface area contributed by atoms with Gasteiger partial charge in [-0.2, -0.15) is 0 Å². The Morgan fingerprint density at radius 2 is 1.83 bits per heavy atom. The monoisotopic (exact) mass is 410 g/mol. The molecule has 0 bridgehead atoms. The second-order valence-electron chi connectivity index (χ2n) is 8.48. The molecule has 0 unspecified atom stereocenters. The van der Waals surface area contributed by atoms with Gasteiger partial charge in [0.25, 0.3) is 0 Å². The maximum Gasteiger partial charge on any atom is 0.230 e. The van der Waals surface area contributed by atoms with Crippen molar-refractivity contribution in [3.63, 3.8) is 0 Å². The van der Waals surface area contributed by atoms with E-state index >= 15 is 0 Å². The predicted octanol–water partition coefficient (Wildman–Crippen LogP) is 4.20. The van der Waals surface area contributed by atoms with Gasteiger partial charge in [-0.25, -0.2) is 9.97 Å². The van der Waals surface area contributed by atoms with Crippen LogP contribution in [0.5, 0.6) is 0 Å². The van der Waals surface area contributed by atoms with Crippen LogP contribution in [0.25, 0.3) is 0 Å². The average molecular weight is 411 g/mol. The van der Waals surface area contributed by atoms with Gasteiger partial charge in [-0.15, -0.1) is 0 Å². The van der Waals surface area contributed by atoms with Gasteiger partial charge in [0, 0.05) is 48.2 Å². The molecule has 0 atom stereocenters. The SMILES string of the molecule is O=C(C1CCN(c2ncc3c(n2)CCC3)CC1)N1CCCCc2cc(Cl)ccc21. The zero-order valence-corrected chi connectivity index (χ0v) is 17.5. The van der Waals surface area contributed by atoms with E-state index in [-0.39, 0.29) is 11.8 Å². The molecule has 2 aromatic rings. The number of amides is 1. The van der Waals surface area contributed by atoms with Gasteiger partial charge in [0.05, 0.1) is 0 Å². The minimum absolute atomic E-state index is 0.0716. The molecule has 0 radical (unpaired) electrons. The quantitative estimate of drug-likeness (QED) is 0.744. The van der Waals surface area contributed by atoms with E-state index in [1.54, 1.807) is 0 Å². The number of aryl methyl sites for hydroxylation is 3. The van der Waals surface area contributed by atoms with Gasteiger partial charge < -0.3 is 9.80 Å². The molecule has 1 fully saturated rings. The Bertz CT molecular complexity index is 923. The zero-order chi connectivity index (χ0) is 19.8. The molecule has 0 saturated carbocycles. The summed E-state index contributed by atoms with van der Waals surface area (Å²) in [5, 5.41) is 0.751. The van der Waals surface area contributed by atoms with E-state index in [1.807, 2.05) is 29.3 Å². The summed E-state index contributed by atoms with van der Waals surface area (Å²) >= 11 is 6.19. The molecule has 1 aromatic carbocycles. The normalized spacial score (nSPS) is 19.6. The van der Waals surface area contributed by atoms with Crippen LogP contribution in [0, 0.1) is 5.92 Å². The lowest BCUT2D eigenvalue weighted by Crippen LogP contribution is -2.43. The van der Waals surface area contributed by atoms with Gasteiger partial charge in [-0.1, -0.05) is 11.6 Å². The van der Waals surface area contributed by atoms with E-state index in [9.17, 15) is 4.79 Å². The van der Waals surface area contributed by atoms with Crippen molar-refractivity contribution in [2.24, 2.45) is 5.92 Å². The van der Waals surface area contributed by atoms with Gasteiger partial charge in [-0.3, -0.25) is 4.79 Å². The third kappa shape index (κ3) is 3.73. The molecule has 5 rings (SSSR count). The van der Waals surface area contributed by atoms with Gasteiger partial charge >= 0.3 is 0 Å². The number of carbonyl (C=O) groups excluding carboxylic acids is 1. The predicted molar refractivity (Wildman–Crippen MR) is 116 cm³/mol. The Hall–Kier alpha value is -2.14. The van der Waals surface area contributed by atoms with Crippen molar-refractivity contribution in [2.45, 2.75) is 51.4 Å². The largest absolute Gasteiger partial charge is 0.341 e. The number of carbonyl (C=O) groups is 1. The summed E-state index contributed by atoms with van der Waals surface area (Å²) < 4.78 is 0. The highest BCUT2D eigenvalue weighted by Gasteiger charge is 2.31. The van der Waals surface area contributed by atoms with Crippen LogP contribution in [0.1, 0.15) is 48.9 Å². The van der Waals surface area contributed by atoms with Crippen molar-refractivity contribution >= 4 is 29.1 Å². The van der Waals surface area contributed by atoms with Crippen molar-refractivity contribution in [3.05, 3.63) is 46.2 Å². The van der Waals surface area contributed by atoms with Gasteiger partial charge in [0.1, 0.15) is 0 Å². The van der Waals surface area contributed by atoms with Gasteiger partial charge in [0.2, 0.25) is 11.9 Å². The lowest BCUT2D eigenvalue weighted by atomic mass is 9.95. The maximum absolute atomic E-state index is 13.4. The van der Waals surface area contributed by atoms with Crippen molar-refractivity contribution < 1.29 is 4.79 Å². The molecule has 3 aliphatic rings. The number of aromatic nitrogens is 2. The van der Waals surface area contributed by atoms with Crippen LogP contribution in [0.4, 0.5) is 11.6 Å². The van der Waals surface area contributed by atoms with Crippen molar-refractivity contribution in [3.8, 4) is 0 Å². The summed E-state index contributed by atoms with van der Waals surface area (Å²) in [4.78, 5) is 27.0. The lowest BCUT2D eigenvalue weighted by Gasteiger charge is -2.34. The Morgan fingerprint density at radius 1 is 1.00 bits per heavy atom. The second kappa shape index (κ2) is 7.94. The van der Waals surface area contributed by atoms with Crippen LogP contribution in [-0.2, 0) is 24.1 Å². The third-order valence-corrected chi connectivity index (χ3v) is 6.84. The zero-order valence-electron chi connectivity index (χ0n) is 16.7. The number of hydrogen-bond acceptors (Lipinski definition) is 4. The van der Waals surface area contributed by atoms with Gasteiger partial charge in [-0.05, 0) is 80.7 Å². The summed E-state index contributed by atoms with van der Waals surface area (Å²) in [5.41, 5.74) is 4.78.